The Morgan fingerprint density at radius 3 is 2.65 bits per heavy atom. The van der Waals surface area contributed by atoms with Crippen LogP contribution in [0.2, 0.25) is 0 Å². The molecule has 0 spiro atoms. The molecule has 0 amide bonds. The van der Waals surface area contributed by atoms with E-state index in [-0.39, 0.29) is 23.3 Å². The van der Waals surface area contributed by atoms with E-state index in [0.29, 0.717) is 12.5 Å². The molecule has 1 saturated carbocycles. The summed E-state index contributed by atoms with van der Waals surface area (Å²) in [5, 5.41) is 3.39. The van der Waals surface area contributed by atoms with E-state index in [1.165, 1.54) is 12.8 Å². The number of methoxy groups -OCH3 is 1. The van der Waals surface area contributed by atoms with E-state index in [2.05, 4.69) is 23.9 Å². The second-order valence-electron chi connectivity index (χ2n) is 6.71. The van der Waals surface area contributed by atoms with Crippen molar-refractivity contribution in [1.29, 1.82) is 0 Å². The van der Waals surface area contributed by atoms with E-state index in [1.54, 1.807) is 7.11 Å². The maximum Gasteiger partial charge on any atom is 0.211 e. The van der Waals surface area contributed by atoms with Crippen LogP contribution in [0.4, 0.5) is 0 Å². The molecule has 0 bridgehead atoms. The summed E-state index contributed by atoms with van der Waals surface area (Å²) in [4.78, 5) is 0. The van der Waals surface area contributed by atoms with Crippen LogP contribution in [-0.4, -0.2) is 46.0 Å². The summed E-state index contributed by atoms with van der Waals surface area (Å²) in [6.45, 7) is 5.13. The number of piperidine rings is 1. The lowest BCUT2D eigenvalue weighted by molar-refractivity contribution is -0.0908. The summed E-state index contributed by atoms with van der Waals surface area (Å²) in [7, 11) is -1.50. The van der Waals surface area contributed by atoms with Crippen LogP contribution in [0, 0.1) is 5.41 Å². The monoisotopic (exact) mass is 304 g/mol. The zero-order chi connectivity index (χ0) is 14.8. The van der Waals surface area contributed by atoms with Gasteiger partial charge in [-0.05, 0) is 32.2 Å². The van der Waals surface area contributed by atoms with Gasteiger partial charge in [-0.1, -0.05) is 20.3 Å². The van der Waals surface area contributed by atoms with Crippen molar-refractivity contribution in [2.24, 2.45) is 5.41 Å². The quantitative estimate of drug-likeness (QED) is 0.775. The molecule has 1 heterocycles. The molecule has 2 rings (SSSR count). The Hall–Kier alpha value is -0.170. The highest BCUT2D eigenvalue weighted by molar-refractivity contribution is 7.89. The highest BCUT2D eigenvalue weighted by Gasteiger charge is 2.49. The van der Waals surface area contributed by atoms with E-state index in [0.717, 1.165) is 19.4 Å². The van der Waals surface area contributed by atoms with Crippen LogP contribution >= 0.6 is 0 Å². The normalized spacial score (nSPS) is 33.6. The molecule has 1 aliphatic carbocycles. The third-order valence-corrected chi connectivity index (χ3v) is 6.35. The van der Waals surface area contributed by atoms with Gasteiger partial charge in [0.15, 0.2) is 0 Å². The molecule has 0 aromatic rings. The highest BCUT2D eigenvalue weighted by atomic mass is 32.2. The van der Waals surface area contributed by atoms with Gasteiger partial charge in [0.1, 0.15) is 0 Å². The summed E-state index contributed by atoms with van der Waals surface area (Å²) in [6.07, 6.45) is 5.12. The van der Waals surface area contributed by atoms with Gasteiger partial charge in [-0.25, -0.2) is 13.1 Å². The fraction of sp³-hybridized carbons (Fsp3) is 1.00. The molecule has 3 unspecified atom stereocenters. The van der Waals surface area contributed by atoms with E-state index in [4.69, 9.17) is 4.74 Å². The molecule has 1 saturated heterocycles. The largest absolute Gasteiger partial charge is 0.381 e. The average molecular weight is 304 g/mol. The Kier molecular flexibility index (Phi) is 5.10. The number of hydrogen-bond acceptors (Lipinski definition) is 4. The SMILES string of the molecule is COC1CC(NS(=O)(=O)CCC2CCCCN2)C1(C)C. The van der Waals surface area contributed by atoms with Crippen molar-refractivity contribution in [2.75, 3.05) is 19.4 Å². The molecule has 2 fully saturated rings. The van der Waals surface area contributed by atoms with Crippen LogP contribution in [0.15, 0.2) is 0 Å². The van der Waals surface area contributed by atoms with Crippen LogP contribution in [-0.2, 0) is 14.8 Å². The van der Waals surface area contributed by atoms with E-state index >= 15 is 0 Å². The van der Waals surface area contributed by atoms with Crippen molar-refractivity contribution >= 4 is 10.0 Å². The molecule has 0 aromatic heterocycles. The van der Waals surface area contributed by atoms with Crippen LogP contribution in [0.3, 0.4) is 0 Å². The van der Waals surface area contributed by atoms with Gasteiger partial charge in [-0.15, -0.1) is 0 Å². The van der Waals surface area contributed by atoms with Crippen molar-refractivity contribution in [3.8, 4) is 0 Å². The topological polar surface area (TPSA) is 67.4 Å². The molecule has 3 atom stereocenters. The maximum absolute atomic E-state index is 12.2. The van der Waals surface area contributed by atoms with Gasteiger partial charge in [0.2, 0.25) is 10.0 Å². The van der Waals surface area contributed by atoms with Crippen LogP contribution < -0.4 is 10.0 Å². The minimum Gasteiger partial charge on any atom is -0.381 e. The lowest BCUT2D eigenvalue weighted by atomic mass is 9.65. The number of sulfonamides is 1. The molecule has 0 radical (unpaired) electrons. The summed E-state index contributed by atoms with van der Waals surface area (Å²) >= 11 is 0. The molecule has 1 aliphatic heterocycles. The molecule has 0 aromatic carbocycles. The summed E-state index contributed by atoms with van der Waals surface area (Å²) in [5.74, 6) is 0.217. The molecule has 118 valence electrons. The standard InChI is InChI=1S/C14H28N2O3S/c1-14(2)12(10-13(14)19-3)16-20(17,18)9-7-11-6-4-5-8-15-11/h11-13,15-16H,4-10H2,1-3H3. The lowest BCUT2D eigenvalue weighted by Gasteiger charge is -2.51. The maximum atomic E-state index is 12.2. The Labute approximate surface area is 122 Å². The molecule has 20 heavy (non-hydrogen) atoms. The molecule has 6 heteroatoms. The Balaban J connectivity index is 1.79. The van der Waals surface area contributed by atoms with Crippen LogP contribution in [0.5, 0.6) is 0 Å². The van der Waals surface area contributed by atoms with E-state index in [1.807, 2.05) is 0 Å². The van der Waals surface area contributed by atoms with Gasteiger partial charge < -0.3 is 10.1 Å². The van der Waals surface area contributed by atoms with Gasteiger partial charge in [0.25, 0.3) is 0 Å². The predicted molar refractivity (Wildman–Crippen MR) is 80.2 cm³/mol. The van der Waals surface area contributed by atoms with Gasteiger partial charge in [-0.2, -0.15) is 0 Å². The van der Waals surface area contributed by atoms with Crippen LogP contribution in [0.25, 0.3) is 0 Å². The lowest BCUT2D eigenvalue weighted by Crippen LogP contribution is -2.62. The summed E-state index contributed by atoms with van der Waals surface area (Å²) in [5.41, 5.74) is -0.120. The van der Waals surface area contributed by atoms with E-state index < -0.39 is 10.0 Å². The molecular weight excluding hydrogens is 276 g/mol. The van der Waals surface area contributed by atoms with Gasteiger partial charge >= 0.3 is 0 Å². The Morgan fingerprint density at radius 2 is 2.10 bits per heavy atom. The van der Waals surface area contributed by atoms with Gasteiger partial charge in [0.05, 0.1) is 11.9 Å². The number of ether oxygens (including phenoxy) is 1. The van der Waals surface area contributed by atoms with Crippen LogP contribution in [0.1, 0.15) is 46.0 Å². The fourth-order valence-corrected chi connectivity index (χ4v) is 4.78. The number of hydrogen-bond donors (Lipinski definition) is 2. The van der Waals surface area contributed by atoms with Gasteiger partial charge in [0, 0.05) is 24.6 Å². The van der Waals surface area contributed by atoms with Gasteiger partial charge in [-0.3, -0.25) is 0 Å². The zero-order valence-corrected chi connectivity index (χ0v) is 13.6. The predicted octanol–water partition coefficient (Wildman–Crippen LogP) is 1.25. The first kappa shape index (κ1) is 16.2. The van der Waals surface area contributed by atoms with Crippen molar-refractivity contribution in [3.05, 3.63) is 0 Å². The zero-order valence-electron chi connectivity index (χ0n) is 12.8. The number of nitrogens with one attached hydrogen (secondary N) is 2. The number of rotatable bonds is 6. The smallest absolute Gasteiger partial charge is 0.211 e. The van der Waals surface area contributed by atoms with Crippen molar-refractivity contribution < 1.29 is 13.2 Å². The molecular formula is C14H28N2O3S. The van der Waals surface area contributed by atoms with Crippen molar-refractivity contribution in [2.45, 2.75) is 64.1 Å². The average Bonchev–Trinajstić information content (AvgIpc) is 2.42. The van der Waals surface area contributed by atoms with Crippen molar-refractivity contribution in [3.63, 3.8) is 0 Å². The minimum atomic E-state index is -3.19. The molecule has 5 nitrogen and oxygen atoms in total. The third kappa shape index (κ3) is 3.72. The molecule has 2 N–H and O–H groups in total. The second kappa shape index (κ2) is 6.30. The Morgan fingerprint density at radius 1 is 1.35 bits per heavy atom. The van der Waals surface area contributed by atoms with Crippen molar-refractivity contribution in [1.82, 2.24) is 10.0 Å². The summed E-state index contributed by atoms with van der Waals surface area (Å²) in [6, 6.07) is 0.359. The summed E-state index contributed by atoms with van der Waals surface area (Å²) < 4.78 is 32.6. The first-order valence-corrected chi connectivity index (χ1v) is 9.26. The minimum absolute atomic E-state index is 0.00300. The third-order valence-electron chi connectivity index (χ3n) is 4.93. The Bertz CT molecular complexity index is 416. The highest BCUT2D eigenvalue weighted by Crippen LogP contribution is 2.42. The first-order valence-electron chi connectivity index (χ1n) is 7.61. The fourth-order valence-electron chi connectivity index (χ4n) is 3.23. The molecule has 2 aliphatic rings. The first-order chi connectivity index (χ1) is 9.35. The van der Waals surface area contributed by atoms with E-state index in [9.17, 15) is 8.42 Å². The second-order valence-corrected chi connectivity index (χ2v) is 8.58.